The minimum atomic E-state index is -0.591. The molecule has 0 radical (unpaired) electrons. The molecule has 2 aliphatic carbocycles. The second-order valence-electron chi connectivity index (χ2n) is 7.99. The van der Waals surface area contributed by atoms with Crippen LogP contribution in [0.3, 0.4) is 0 Å². The molecule has 1 N–H and O–H groups in total. The van der Waals surface area contributed by atoms with E-state index in [-0.39, 0.29) is 17.4 Å². The minimum absolute atomic E-state index is 0.167. The Kier molecular flexibility index (Phi) is 4.78. The van der Waals surface area contributed by atoms with Gasteiger partial charge in [-0.3, -0.25) is 9.69 Å². The van der Waals surface area contributed by atoms with Gasteiger partial charge in [0.15, 0.2) is 0 Å². The van der Waals surface area contributed by atoms with Crippen LogP contribution in [0, 0.1) is 17.3 Å². The Hall–Kier alpha value is -0.570. The number of rotatable bonds is 3. The first-order valence-corrected chi connectivity index (χ1v) is 8.25. The second-order valence-corrected chi connectivity index (χ2v) is 7.99. The number of aliphatic carboxylic acids is 1. The number of hydrogen-bond donors (Lipinski definition) is 1. The molecule has 2 aliphatic rings. The summed E-state index contributed by atoms with van der Waals surface area (Å²) in [4.78, 5) is 14.0. The third-order valence-electron chi connectivity index (χ3n) is 5.78. The Morgan fingerprint density at radius 3 is 2.20 bits per heavy atom. The molecule has 20 heavy (non-hydrogen) atoms. The van der Waals surface area contributed by atoms with Gasteiger partial charge in [-0.25, -0.2) is 0 Å². The molecule has 2 fully saturated rings. The highest BCUT2D eigenvalue weighted by Crippen LogP contribution is 2.42. The van der Waals surface area contributed by atoms with Crippen molar-refractivity contribution < 1.29 is 9.90 Å². The molecular weight excluding hydrogens is 250 g/mol. The number of nitrogens with zero attached hydrogens (tertiary/aromatic N) is 1. The third-order valence-corrected chi connectivity index (χ3v) is 5.78. The van der Waals surface area contributed by atoms with Gasteiger partial charge in [0.2, 0.25) is 0 Å². The summed E-state index contributed by atoms with van der Waals surface area (Å²) in [7, 11) is 2.17. The van der Waals surface area contributed by atoms with E-state index in [1.54, 1.807) is 0 Å². The molecule has 3 unspecified atom stereocenters. The molecule has 0 bridgehead atoms. The molecule has 2 rings (SSSR count). The summed E-state index contributed by atoms with van der Waals surface area (Å²) in [6.07, 6.45) is 8.07. The Balaban J connectivity index is 2.12. The van der Waals surface area contributed by atoms with Crippen LogP contribution in [0.1, 0.15) is 65.7 Å². The Morgan fingerprint density at radius 1 is 1.10 bits per heavy atom. The lowest BCUT2D eigenvalue weighted by Crippen LogP contribution is -2.50. The average Bonchev–Trinajstić information content (AvgIpc) is 2.89. The molecule has 3 atom stereocenters. The van der Waals surface area contributed by atoms with Crippen LogP contribution in [0.15, 0.2) is 0 Å². The van der Waals surface area contributed by atoms with Gasteiger partial charge in [0.05, 0.1) is 5.92 Å². The fourth-order valence-electron chi connectivity index (χ4n) is 4.25. The number of carbonyl (C=O) groups is 1. The lowest BCUT2D eigenvalue weighted by Gasteiger charge is -2.45. The van der Waals surface area contributed by atoms with Crippen LogP contribution >= 0.6 is 0 Å². The first-order chi connectivity index (χ1) is 9.30. The van der Waals surface area contributed by atoms with E-state index in [9.17, 15) is 9.90 Å². The van der Waals surface area contributed by atoms with Crippen molar-refractivity contribution in [3.8, 4) is 0 Å². The van der Waals surface area contributed by atoms with E-state index < -0.39 is 5.97 Å². The lowest BCUT2D eigenvalue weighted by molar-refractivity contribution is -0.147. The predicted octanol–water partition coefficient (Wildman–Crippen LogP) is 3.78. The summed E-state index contributed by atoms with van der Waals surface area (Å²) in [5, 5.41) is 9.56. The van der Waals surface area contributed by atoms with Gasteiger partial charge in [-0.1, -0.05) is 33.6 Å². The van der Waals surface area contributed by atoms with Crippen LogP contribution in [-0.2, 0) is 4.79 Å². The Labute approximate surface area is 123 Å². The quantitative estimate of drug-likeness (QED) is 0.856. The fourth-order valence-corrected chi connectivity index (χ4v) is 4.25. The van der Waals surface area contributed by atoms with E-state index in [2.05, 4.69) is 32.7 Å². The predicted molar refractivity (Wildman–Crippen MR) is 81.7 cm³/mol. The van der Waals surface area contributed by atoms with E-state index in [0.717, 1.165) is 19.3 Å². The van der Waals surface area contributed by atoms with E-state index in [1.165, 1.54) is 25.7 Å². The van der Waals surface area contributed by atoms with Crippen molar-refractivity contribution in [3.63, 3.8) is 0 Å². The van der Waals surface area contributed by atoms with Crippen molar-refractivity contribution in [1.29, 1.82) is 0 Å². The molecule has 0 aromatic rings. The van der Waals surface area contributed by atoms with Gasteiger partial charge >= 0.3 is 5.97 Å². The SMILES string of the molecule is CN(C1CCCC1)C1CC(C(C)(C)C)CCC1C(=O)O. The average molecular weight is 281 g/mol. The van der Waals surface area contributed by atoms with Gasteiger partial charge in [0, 0.05) is 12.1 Å². The molecule has 116 valence electrons. The van der Waals surface area contributed by atoms with Gasteiger partial charge in [-0.15, -0.1) is 0 Å². The van der Waals surface area contributed by atoms with Crippen LogP contribution in [-0.4, -0.2) is 35.1 Å². The Bertz CT molecular complexity index is 341. The summed E-state index contributed by atoms with van der Waals surface area (Å²) in [6.45, 7) is 6.89. The van der Waals surface area contributed by atoms with E-state index in [0.29, 0.717) is 12.0 Å². The van der Waals surface area contributed by atoms with Crippen molar-refractivity contribution in [1.82, 2.24) is 4.90 Å². The zero-order valence-electron chi connectivity index (χ0n) is 13.6. The van der Waals surface area contributed by atoms with Crippen LogP contribution < -0.4 is 0 Å². The minimum Gasteiger partial charge on any atom is -0.481 e. The van der Waals surface area contributed by atoms with Gasteiger partial charge < -0.3 is 5.11 Å². The number of carboxylic acids is 1. The monoisotopic (exact) mass is 281 g/mol. The van der Waals surface area contributed by atoms with Crippen LogP contribution in [0.5, 0.6) is 0 Å². The molecular formula is C17H31NO2. The van der Waals surface area contributed by atoms with Gasteiger partial charge in [-0.2, -0.15) is 0 Å². The zero-order valence-corrected chi connectivity index (χ0v) is 13.6. The lowest BCUT2D eigenvalue weighted by atomic mass is 9.67. The third kappa shape index (κ3) is 3.36. The molecule has 2 saturated carbocycles. The standard InChI is InChI=1S/C17H31NO2/c1-17(2,3)12-9-10-14(16(19)20)15(11-12)18(4)13-7-5-6-8-13/h12-15H,5-11H2,1-4H3,(H,19,20). The summed E-state index contributed by atoms with van der Waals surface area (Å²) in [5.41, 5.74) is 0.290. The molecule has 0 amide bonds. The summed E-state index contributed by atoms with van der Waals surface area (Å²) < 4.78 is 0. The first kappa shape index (κ1) is 15.8. The van der Waals surface area contributed by atoms with Gasteiger partial charge in [0.25, 0.3) is 0 Å². The normalized spacial score (nSPS) is 32.8. The Morgan fingerprint density at radius 2 is 1.70 bits per heavy atom. The van der Waals surface area contributed by atoms with Crippen molar-refractivity contribution in [2.45, 2.75) is 77.8 Å². The van der Waals surface area contributed by atoms with Crippen molar-refractivity contribution in [2.24, 2.45) is 17.3 Å². The summed E-state index contributed by atoms with van der Waals surface area (Å²) >= 11 is 0. The van der Waals surface area contributed by atoms with Crippen molar-refractivity contribution in [2.75, 3.05) is 7.05 Å². The molecule has 3 nitrogen and oxygen atoms in total. The molecule has 0 aromatic carbocycles. The first-order valence-electron chi connectivity index (χ1n) is 8.25. The molecule has 0 heterocycles. The summed E-state index contributed by atoms with van der Waals surface area (Å²) in [6, 6.07) is 0.842. The number of hydrogen-bond acceptors (Lipinski definition) is 2. The molecule has 0 aliphatic heterocycles. The van der Waals surface area contributed by atoms with E-state index in [1.807, 2.05) is 0 Å². The van der Waals surface area contributed by atoms with Crippen LogP contribution in [0.25, 0.3) is 0 Å². The van der Waals surface area contributed by atoms with E-state index >= 15 is 0 Å². The molecule has 0 spiro atoms. The highest BCUT2D eigenvalue weighted by molar-refractivity contribution is 5.71. The zero-order chi connectivity index (χ0) is 14.9. The van der Waals surface area contributed by atoms with Crippen LogP contribution in [0.4, 0.5) is 0 Å². The highest BCUT2D eigenvalue weighted by atomic mass is 16.4. The highest BCUT2D eigenvalue weighted by Gasteiger charge is 2.42. The molecule has 0 saturated heterocycles. The molecule has 3 heteroatoms. The van der Waals surface area contributed by atoms with Gasteiger partial charge in [-0.05, 0) is 50.5 Å². The van der Waals surface area contributed by atoms with Crippen molar-refractivity contribution in [3.05, 3.63) is 0 Å². The number of carboxylic acid groups (broad SMARTS) is 1. The van der Waals surface area contributed by atoms with Gasteiger partial charge in [0.1, 0.15) is 0 Å². The maximum Gasteiger partial charge on any atom is 0.308 e. The maximum atomic E-state index is 11.6. The van der Waals surface area contributed by atoms with E-state index in [4.69, 9.17) is 0 Å². The largest absolute Gasteiger partial charge is 0.481 e. The smallest absolute Gasteiger partial charge is 0.308 e. The topological polar surface area (TPSA) is 40.5 Å². The van der Waals surface area contributed by atoms with Crippen molar-refractivity contribution >= 4 is 5.97 Å². The fraction of sp³-hybridized carbons (Fsp3) is 0.941. The molecule has 0 aromatic heterocycles. The van der Waals surface area contributed by atoms with Crippen LogP contribution in [0.2, 0.25) is 0 Å². The maximum absolute atomic E-state index is 11.6. The second kappa shape index (κ2) is 6.05. The summed E-state index contributed by atoms with van der Waals surface area (Å²) in [5.74, 6) is -0.113.